The summed E-state index contributed by atoms with van der Waals surface area (Å²) in [6, 6.07) is 5.82. The number of aryl methyl sites for hydroxylation is 2. The van der Waals surface area contributed by atoms with Gasteiger partial charge in [-0.1, -0.05) is 6.07 Å². The van der Waals surface area contributed by atoms with Gasteiger partial charge < -0.3 is 0 Å². The van der Waals surface area contributed by atoms with Crippen LogP contribution in [0.15, 0.2) is 30.6 Å². The molecule has 1 aliphatic carbocycles. The third kappa shape index (κ3) is 2.00. The number of nitrogens with zero attached hydrogens (tertiary/aromatic N) is 4. The summed E-state index contributed by atoms with van der Waals surface area (Å²) in [6.07, 6.45) is 7.30. The van der Waals surface area contributed by atoms with Gasteiger partial charge in [-0.15, -0.1) is 10.2 Å². The van der Waals surface area contributed by atoms with Crippen molar-refractivity contribution in [2.45, 2.75) is 38.5 Å². The molecule has 0 amide bonds. The molecule has 0 N–H and O–H groups in total. The topological polar surface area (TPSA) is 43.6 Å². The molecule has 3 aromatic rings. The maximum absolute atomic E-state index is 13.7. The average Bonchev–Trinajstić information content (AvgIpc) is 3.36. The van der Waals surface area contributed by atoms with Crippen molar-refractivity contribution in [2.75, 3.05) is 0 Å². The Labute approximate surface area is 139 Å². The van der Waals surface area contributed by atoms with E-state index in [0.717, 1.165) is 35.6 Å². The van der Waals surface area contributed by atoms with Crippen LogP contribution in [0.2, 0.25) is 0 Å². The Morgan fingerprint density at radius 2 is 2.00 bits per heavy atom. The molecule has 0 radical (unpaired) electrons. The largest absolute Gasteiger partial charge is 0.283 e. The zero-order valence-corrected chi connectivity index (χ0v) is 13.5. The van der Waals surface area contributed by atoms with Gasteiger partial charge in [0.1, 0.15) is 17.5 Å². The van der Waals surface area contributed by atoms with Gasteiger partial charge in [-0.25, -0.2) is 4.39 Å². The highest BCUT2D eigenvalue weighted by Gasteiger charge is 2.32. The summed E-state index contributed by atoms with van der Waals surface area (Å²) in [5.41, 5.74) is 5.92. The van der Waals surface area contributed by atoms with Gasteiger partial charge in [-0.2, -0.15) is 0 Å². The molecular formula is C19H17FN4. The van der Waals surface area contributed by atoms with E-state index in [9.17, 15) is 4.39 Å². The summed E-state index contributed by atoms with van der Waals surface area (Å²) in [7, 11) is 0. The third-order valence-corrected chi connectivity index (χ3v) is 5.07. The SMILES string of the molecule is Cc1nnc2n1-c1ccc(-c3cncc(F)c3)c(C3CC3)c1CC2. The third-order valence-electron chi connectivity index (χ3n) is 5.07. The monoisotopic (exact) mass is 320 g/mol. The van der Waals surface area contributed by atoms with Crippen molar-refractivity contribution in [1.82, 2.24) is 19.7 Å². The summed E-state index contributed by atoms with van der Waals surface area (Å²) in [5.74, 6) is 2.25. The molecule has 1 aliphatic heterocycles. The number of halogens is 1. The highest BCUT2D eigenvalue weighted by molar-refractivity contribution is 5.73. The van der Waals surface area contributed by atoms with Gasteiger partial charge in [-0.05, 0) is 60.9 Å². The molecule has 0 spiro atoms. The lowest BCUT2D eigenvalue weighted by Gasteiger charge is -2.24. The molecule has 24 heavy (non-hydrogen) atoms. The van der Waals surface area contributed by atoms with Gasteiger partial charge in [0.25, 0.3) is 0 Å². The lowest BCUT2D eigenvalue weighted by Crippen LogP contribution is -2.16. The molecule has 1 fully saturated rings. The number of rotatable bonds is 2. The van der Waals surface area contributed by atoms with Crippen LogP contribution in [-0.4, -0.2) is 19.7 Å². The first-order valence-electron chi connectivity index (χ1n) is 8.40. The van der Waals surface area contributed by atoms with E-state index in [0.29, 0.717) is 5.92 Å². The highest BCUT2D eigenvalue weighted by atomic mass is 19.1. The van der Waals surface area contributed by atoms with Crippen LogP contribution in [0.3, 0.4) is 0 Å². The molecule has 0 saturated heterocycles. The summed E-state index contributed by atoms with van der Waals surface area (Å²) >= 11 is 0. The van der Waals surface area contributed by atoms with Gasteiger partial charge in [0.05, 0.1) is 11.9 Å². The van der Waals surface area contributed by atoms with E-state index in [1.165, 1.54) is 35.9 Å². The normalized spacial score (nSPS) is 15.9. The summed E-state index contributed by atoms with van der Waals surface area (Å²) in [6.45, 7) is 1.99. The number of benzene rings is 1. The van der Waals surface area contributed by atoms with E-state index in [1.807, 2.05) is 6.92 Å². The molecule has 5 heteroatoms. The second kappa shape index (κ2) is 4.97. The minimum absolute atomic E-state index is 0.288. The number of aromatic nitrogens is 4. The van der Waals surface area contributed by atoms with Crippen molar-refractivity contribution in [3.8, 4) is 16.8 Å². The fourth-order valence-electron chi connectivity index (χ4n) is 3.89. The van der Waals surface area contributed by atoms with Crippen LogP contribution in [0.4, 0.5) is 4.39 Å². The molecule has 3 heterocycles. The first kappa shape index (κ1) is 13.8. The number of hydrogen-bond donors (Lipinski definition) is 0. The van der Waals surface area contributed by atoms with Gasteiger partial charge >= 0.3 is 0 Å². The van der Waals surface area contributed by atoms with E-state index >= 15 is 0 Å². The molecule has 0 unspecified atom stereocenters. The molecule has 1 saturated carbocycles. The lowest BCUT2D eigenvalue weighted by atomic mass is 9.88. The maximum atomic E-state index is 13.7. The quantitative estimate of drug-likeness (QED) is 0.722. The molecule has 0 atom stereocenters. The first-order valence-corrected chi connectivity index (χ1v) is 8.40. The molecule has 5 rings (SSSR count). The van der Waals surface area contributed by atoms with Gasteiger partial charge in [-0.3, -0.25) is 9.55 Å². The fraction of sp³-hybridized carbons (Fsp3) is 0.316. The van der Waals surface area contributed by atoms with E-state index in [2.05, 4.69) is 31.9 Å². The Bertz CT molecular complexity index is 956. The molecular weight excluding hydrogens is 303 g/mol. The van der Waals surface area contributed by atoms with Crippen molar-refractivity contribution in [3.63, 3.8) is 0 Å². The number of pyridine rings is 1. The van der Waals surface area contributed by atoms with E-state index < -0.39 is 0 Å². The summed E-state index contributed by atoms with van der Waals surface area (Å²) < 4.78 is 15.8. The Morgan fingerprint density at radius 3 is 2.79 bits per heavy atom. The average molecular weight is 320 g/mol. The van der Waals surface area contributed by atoms with Crippen LogP contribution in [-0.2, 0) is 12.8 Å². The van der Waals surface area contributed by atoms with Crippen molar-refractivity contribution in [1.29, 1.82) is 0 Å². The van der Waals surface area contributed by atoms with Crippen molar-refractivity contribution in [2.24, 2.45) is 0 Å². The van der Waals surface area contributed by atoms with Crippen LogP contribution < -0.4 is 0 Å². The summed E-state index contributed by atoms with van der Waals surface area (Å²) in [4.78, 5) is 4.04. The Morgan fingerprint density at radius 1 is 1.12 bits per heavy atom. The molecule has 0 bridgehead atoms. The summed E-state index contributed by atoms with van der Waals surface area (Å²) in [5, 5.41) is 8.52. The van der Waals surface area contributed by atoms with Crippen LogP contribution in [0.25, 0.3) is 16.8 Å². The lowest BCUT2D eigenvalue weighted by molar-refractivity contribution is 0.622. The van der Waals surface area contributed by atoms with Crippen LogP contribution in [0.1, 0.15) is 41.5 Å². The van der Waals surface area contributed by atoms with Crippen LogP contribution in [0.5, 0.6) is 0 Å². The minimum atomic E-state index is -0.288. The fourth-order valence-corrected chi connectivity index (χ4v) is 3.89. The zero-order valence-electron chi connectivity index (χ0n) is 13.5. The molecule has 4 nitrogen and oxygen atoms in total. The first-order chi connectivity index (χ1) is 11.7. The molecule has 2 aliphatic rings. The maximum Gasteiger partial charge on any atom is 0.142 e. The van der Waals surface area contributed by atoms with E-state index in [1.54, 1.807) is 12.3 Å². The van der Waals surface area contributed by atoms with Crippen molar-refractivity contribution >= 4 is 0 Å². The van der Waals surface area contributed by atoms with Crippen LogP contribution >= 0.6 is 0 Å². The van der Waals surface area contributed by atoms with Crippen molar-refractivity contribution < 1.29 is 4.39 Å². The van der Waals surface area contributed by atoms with E-state index in [-0.39, 0.29) is 5.82 Å². The molecule has 2 aromatic heterocycles. The van der Waals surface area contributed by atoms with Crippen LogP contribution in [0, 0.1) is 12.7 Å². The Hall–Kier alpha value is -2.56. The molecule has 1 aromatic carbocycles. The predicted octanol–water partition coefficient (Wildman–Crippen LogP) is 3.75. The van der Waals surface area contributed by atoms with Crippen molar-refractivity contribution in [3.05, 3.63) is 59.2 Å². The zero-order chi connectivity index (χ0) is 16.3. The Kier molecular flexibility index (Phi) is 2.86. The predicted molar refractivity (Wildman–Crippen MR) is 88.7 cm³/mol. The second-order valence-corrected chi connectivity index (χ2v) is 6.69. The highest BCUT2D eigenvalue weighted by Crippen LogP contribution is 2.48. The number of hydrogen-bond acceptors (Lipinski definition) is 3. The molecule has 120 valence electrons. The Balaban J connectivity index is 1.76. The van der Waals surface area contributed by atoms with E-state index in [4.69, 9.17) is 0 Å². The second-order valence-electron chi connectivity index (χ2n) is 6.69. The van der Waals surface area contributed by atoms with Gasteiger partial charge in [0, 0.05) is 18.2 Å². The minimum Gasteiger partial charge on any atom is -0.283 e. The van der Waals surface area contributed by atoms with Gasteiger partial charge in [0.2, 0.25) is 0 Å². The van der Waals surface area contributed by atoms with Gasteiger partial charge in [0.15, 0.2) is 0 Å². The number of fused-ring (bicyclic) bond motifs is 3. The standard InChI is InChI=1S/C19H17FN4/c1-11-22-23-18-7-5-16-17(24(11)18)6-4-15(19(16)12-2-3-12)13-8-14(20)10-21-9-13/h4,6,8-10,12H,2-3,5,7H2,1H3. The smallest absolute Gasteiger partial charge is 0.142 e.